The largest absolute Gasteiger partial charge is 0.444 e. The Morgan fingerprint density at radius 1 is 1.04 bits per heavy atom. The van der Waals surface area contributed by atoms with Gasteiger partial charge in [-0.3, -0.25) is 4.79 Å². The van der Waals surface area contributed by atoms with Crippen LogP contribution in [0.1, 0.15) is 76.0 Å². The Kier molecular flexibility index (Phi) is 8.85. The molecule has 1 atom stereocenters. The third-order valence-electron chi connectivity index (χ3n) is 7.77. The fourth-order valence-corrected chi connectivity index (χ4v) is 5.71. The molecule has 1 N–H and O–H groups in total. The lowest BCUT2D eigenvalue weighted by molar-refractivity contribution is -0.197. The van der Waals surface area contributed by atoms with Crippen molar-refractivity contribution in [1.29, 1.82) is 5.26 Å². The first kappa shape index (κ1) is 35.1. The normalized spacial score (nSPS) is 18.2. The molecule has 260 valence electrons. The summed E-state index contributed by atoms with van der Waals surface area (Å²) >= 11 is 0. The molecule has 0 unspecified atom stereocenters. The lowest BCUT2D eigenvalue weighted by atomic mass is 9.88. The zero-order valence-electron chi connectivity index (χ0n) is 27.7. The smallest absolute Gasteiger partial charge is 0.417 e. The van der Waals surface area contributed by atoms with Gasteiger partial charge in [0.05, 0.1) is 52.9 Å². The van der Waals surface area contributed by atoms with E-state index in [2.05, 4.69) is 15.4 Å². The van der Waals surface area contributed by atoms with Crippen molar-refractivity contribution in [2.75, 3.05) is 18.0 Å². The predicted octanol–water partition coefficient (Wildman–Crippen LogP) is 6.26. The van der Waals surface area contributed by atoms with E-state index >= 15 is 4.39 Å². The Morgan fingerprint density at radius 3 is 2.37 bits per heavy atom. The Bertz CT molecular complexity index is 1860. The van der Waals surface area contributed by atoms with Crippen LogP contribution >= 0.6 is 0 Å². The van der Waals surface area contributed by atoms with E-state index in [4.69, 9.17) is 9.47 Å². The number of rotatable bonds is 4. The third-order valence-corrected chi connectivity index (χ3v) is 7.77. The molecule has 3 aromatic rings. The monoisotopic (exact) mass is 685 g/mol. The molecule has 49 heavy (non-hydrogen) atoms. The number of pyridine rings is 1. The number of aromatic nitrogens is 3. The summed E-state index contributed by atoms with van der Waals surface area (Å²) in [5.41, 5.74) is -4.78. The van der Waals surface area contributed by atoms with Crippen molar-refractivity contribution in [3.8, 4) is 23.0 Å². The van der Waals surface area contributed by atoms with Crippen LogP contribution in [0.5, 0.6) is 0 Å². The lowest BCUT2D eigenvalue weighted by Gasteiger charge is -2.44. The average molecular weight is 686 g/mol. The summed E-state index contributed by atoms with van der Waals surface area (Å²) in [5.74, 6) is -1.45. The van der Waals surface area contributed by atoms with E-state index in [-0.39, 0.29) is 59.1 Å². The summed E-state index contributed by atoms with van der Waals surface area (Å²) in [6, 6.07) is 8.58. The number of piperidine rings is 1. The van der Waals surface area contributed by atoms with Gasteiger partial charge < -0.3 is 19.7 Å². The SMILES string of the molecule is CC(C)(C)OC(=O)N[C@@]1(C(F)(F)F)CCCN(c2ccn(-c3cc(-c4c(F)cccc4C#N)nc4c3C(=O)N(C(=O)OC(C)(C)C)C4)n2)C1. The highest BCUT2D eigenvalue weighted by Crippen LogP contribution is 2.40. The molecule has 1 fully saturated rings. The van der Waals surface area contributed by atoms with Gasteiger partial charge in [-0.15, -0.1) is 0 Å². The van der Waals surface area contributed by atoms with Crippen molar-refractivity contribution in [2.24, 2.45) is 0 Å². The van der Waals surface area contributed by atoms with Crippen molar-refractivity contribution in [3.05, 3.63) is 59.2 Å². The number of nitrogens with one attached hydrogen (secondary N) is 1. The summed E-state index contributed by atoms with van der Waals surface area (Å²) in [4.78, 5) is 45.9. The standard InChI is InChI=1S/C33H35F4N7O5/c1-30(2,3)48-28(46)40-32(33(35,36)37)12-8-13-42(18-32)24-11-14-44(41-24)23-15-21(25-19(16-38)9-7-10-20(25)34)39-22-17-43(27(45)26(22)23)29(47)49-31(4,5)6/h7,9-11,14-15H,8,12-13,17-18H2,1-6H3,(H,40,46)/t32-/m0/s1. The van der Waals surface area contributed by atoms with Crippen LogP contribution in [0.3, 0.4) is 0 Å². The molecule has 2 aliphatic heterocycles. The number of halogens is 4. The van der Waals surface area contributed by atoms with Crippen molar-refractivity contribution < 1.29 is 41.4 Å². The highest BCUT2D eigenvalue weighted by Gasteiger charge is 2.58. The molecular weight excluding hydrogens is 650 g/mol. The Hall–Kier alpha value is -5.20. The fraction of sp³-hybridized carbons (Fsp3) is 0.455. The van der Waals surface area contributed by atoms with Crippen LogP contribution in [0.4, 0.5) is 33.0 Å². The van der Waals surface area contributed by atoms with Gasteiger partial charge in [0.1, 0.15) is 17.0 Å². The van der Waals surface area contributed by atoms with Crippen LogP contribution in [0.15, 0.2) is 36.5 Å². The summed E-state index contributed by atoms with van der Waals surface area (Å²) in [6.07, 6.45) is -5.95. The number of carbonyl (C=O) groups excluding carboxylic acids is 3. The topological polar surface area (TPSA) is 143 Å². The lowest BCUT2D eigenvalue weighted by Crippen LogP contribution is -2.67. The molecular formula is C33H35F4N7O5. The van der Waals surface area contributed by atoms with E-state index in [9.17, 15) is 32.8 Å². The maximum atomic E-state index is 15.2. The van der Waals surface area contributed by atoms with E-state index in [1.165, 1.54) is 40.0 Å². The van der Waals surface area contributed by atoms with E-state index in [1.807, 2.05) is 6.07 Å². The number of anilines is 1. The molecule has 0 saturated carbocycles. The van der Waals surface area contributed by atoms with Gasteiger partial charge >= 0.3 is 18.4 Å². The summed E-state index contributed by atoms with van der Waals surface area (Å²) in [6.45, 7) is 8.66. The Labute approximate surface area is 279 Å². The molecule has 1 aromatic carbocycles. The molecule has 5 rings (SSSR count). The third kappa shape index (κ3) is 7.15. The van der Waals surface area contributed by atoms with Crippen LogP contribution in [0.25, 0.3) is 16.9 Å². The zero-order valence-corrected chi connectivity index (χ0v) is 27.7. The predicted molar refractivity (Wildman–Crippen MR) is 167 cm³/mol. The highest BCUT2D eigenvalue weighted by molar-refractivity contribution is 6.08. The van der Waals surface area contributed by atoms with Crippen LogP contribution in [0.2, 0.25) is 0 Å². The molecule has 1 saturated heterocycles. The first-order valence-corrected chi connectivity index (χ1v) is 15.4. The Morgan fingerprint density at radius 2 is 1.73 bits per heavy atom. The van der Waals surface area contributed by atoms with Crippen molar-refractivity contribution in [2.45, 2.75) is 83.8 Å². The number of amides is 3. The first-order chi connectivity index (χ1) is 22.7. The number of ether oxygens (including phenoxy) is 2. The first-order valence-electron chi connectivity index (χ1n) is 15.4. The maximum absolute atomic E-state index is 15.2. The van der Waals surface area contributed by atoms with Crippen LogP contribution in [-0.4, -0.2) is 73.8 Å². The van der Waals surface area contributed by atoms with Gasteiger partial charge in [0.2, 0.25) is 0 Å². The number of fused-ring (bicyclic) bond motifs is 1. The second kappa shape index (κ2) is 12.4. The van der Waals surface area contributed by atoms with Crippen molar-refractivity contribution in [3.63, 3.8) is 0 Å². The number of hydrogen-bond donors (Lipinski definition) is 1. The van der Waals surface area contributed by atoms with E-state index in [0.717, 1.165) is 11.0 Å². The molecule has 2 aromatic heterocycles. The summed E-state index contributed by atoms with van der Waals surface area (Å²) in [5, 5.41) is 16.2. The minimum absolute atomic E-state index is 0.0325. The number of alkyl carbamates (subject to hydrolysis) is 1. The molecule has 2 aliphatic rings. The number of nitriles is 1. The number of imide groups is 1. The number of carbonyl (C=O) groups is 3. The number of alkyl halides is 3. The van der Waals surface area contributed by atoms with Crippen molar-refractivity contribution >= 4 is 23.9 Å². The number of nitrogens with zero attached hydrogens (tertiary/aromatic N) is 6. The van der Waals surface area contributed by atoms with E-state index < -0.39 is 59.8 Å². The molecule has 0 spiro atoms. The van der Waals surface area contributed by atoms with Gasteiger partial charge in [0.25, 0.3) is 5.91 Å². The van der Waals surface area contributed by atoms with Crippen molar-refractivity contribution in [1.82, 2.24) is 25.0 Å². The minimum atomic E-state index is -4.85. The summed E-state index contributed by atoms with van der Waals surface area (Å²) in [7, 11) is 0. The van der Waals surface area contributed by atoms with Gasteiger partial charge in [-0.25, -0.2) is 28.5 Å². The number of benzene rings is 1. The van der Waals surface area contributed by atoms with E-state index in [0.29, 0.717) is 0 Å². The maximum Gasteiger partial charge on any atom is 0.417 e. The zero-order chi connectivity index (χ0) is 36.1. The van der Waals surface area contributed by atoms with Crippen LogP contribution < -0.4 is 10.2 Å². The van der Waals surface area contributed by atoms with Crippen LogP contribution in [-0.2, 0) is 16.0 Å². The second-order valence-electron chi connectivity index (χ2n) is 13.8. The average Bonchev–Trinajstić information content (AvgIpc) is 3.59. The van der Waals surface area contributed by atoms with Crippen LogP contribution in [0, 0.1) is 17.1 Å². The molecule has 4 heterocycles. The molecule has 12 nitrogen and oxygen atoms in total. The molecule has 0 aliphatic carbocycles. The van der Waals surface area contributed by atoms with Gasteiger partial charge in [-0.2, -0.15) is 23.5 Å². The highest BCUT2D eigenvalue weighted by atomic mass is 19.4. The summed E-state index contributed by atoms with van der Waals surface area (Å²) < 4.78 is 70.7. The molecule has 3 amide bonds. The molecule has 16 heteroatoms. The van der Waals surface area contributed by atoms with Gasteiger partial charge in [-0.05, 0) is 72.6 Å². The van der Waals surface area contributed by atoms with Gasteiger partial charge in [0, 0.05) is 18.8 Å². The quantitative estimate of drug-likeness (QED) is 0.315. The fourth-order valence-electron chi connectivity index (χ4n) is 5.71. The molecule has 0 radical (unpaired) electrons. The van der Waals surface area contributed by atoms with E-state index in [1.54, 1.807) is 41.5 Å². The second-order valence-corrected chi connectivity index (χ2v) is 13.8. The minimum Gasteiger partial charge on any atom is -0.444 e. The van der Waals surface area contributed by atoms with Gasteiger partial charge in [-0.1, -0.05) is 6.07 Å². The van der Waals surface area contributed by atoms with Gasteiger partial charge in [0.15, 0.2) is 11.4 Å². The Balaban J connectivity index is 1.56. The molecule has 0 bridgehead atoms. The number of hydrogen-bond acceptors (Lipinski definition) is 9.